The summed E-state index contributed by atoms with van der Waals surface area (Å²) in [5.41, 5.74) is 0.577. The second-order valence-electron chi connectivity index (χ2n) is 6.62. The average molecular weight is 370 g/mol. The molecule has 2 heterocycles. The predicted molar refractivity (Wildman–Crippen MR) is 99.4 cm³/mol. The lowest BCUT2D eigenvalue weighted by molar-refractivity contribution is -0.144. The third-order valence-corrected chi connectivity index (χ3v) is 4.77. The van der Waals surface area contributed by atoms with Crippen LogP contribution in [0.1, 0.15) is 16.8 Å². The van der Waals surface area contributed by atoms with Gasteiger partial charge in [0.25, 0.3) is 5.56 Å². The highest BCUT2D eigenvalue weighted by Gasteiger charge is 2.27. The number of aromatic nitrogens is 2. The van der Waals surface area contributed by atoms with Crippen LogP contribution in [-0.4, -0.2) is 57.8 Å². The van der Waals surface area contributed by atoms with Gasteiger partial charge in [0.15, 0.2) is 0 Å². The van der Waals surface area contributed by atoms with Crippen molar-refractivity contribution in [1.82, 2.24) is 19.8 Å². The van der Waals surface area contributed by atoms with Crippen LogP contribution in [0.5, 0.6) is 0 Å². The van der Waals surface area contributed by atoms with Gasteiger partial charge in [0.1, 0.15) is 0 Å². The van der Waals surface area contributed by atoms with E-state index < -0.39 is 11.2 Å². The van der Waals surface area contributed by atoms with Gasteiger partial charge in [-0.15, -0.1) is 0 Å². The van der Waals surface area contributed by atoms with Crippen LogP contribution < -0.4 is 11.2 Å². The zero-order chi connectivity index (χ0) is 19.4. The van der Waals surface area contributed by atoms with Crippen LogP contribution in [-0.2, 0) is 22.4 Å². The maximum Gasteiger partial charge on any atom is 0.325 e. The largest absolute Gasteiger partial charge is 0.339 e. The SMILES string of the molecule is Cc1[nH]c(=O)[nH]c(=O)c1CC(=O)N1CCN(CCc2ccccc2)C(=O)C1. The highest BCUT2D eigenvalue weighted by atomic mass is 16.2. The van der Waals surface area contributed by atoms with E-state index in [1.165, 1.54) is 4.90 Å². The first-order chi connectivity index (χ1) is 12.9. The van der Waals surface area contributed by atoms with Crippen molar-refractivity contribution in [2.75, 3.05) is 26.2 Å². The fourth-order valence-electron chi connectivity index (χ4n) is 3.17. The van der Waals surface area contributed by atoms with E-state index in [9.17, 15) is 19.2 Å². The number of amides is 2. The molecule has 1 aliphatic rings. The summed E-state index contributed by atoms with van der Waals surface area (Å²) >= 11 is 0. The Hall–Kier alpha value is -3.16. The summed E-state index contributed by atoms with van der Waals surface area (Å²) in [6.45, 7) is 3.10. The summed E-state index contributed by atoms with van der Waals surface area (Å²) in [7, 11) is 0. The van der Waals surface area contributed by atoms with Crippen LogP contribution in [0.25, 0.3) is 0 Å². The molecule has 2 N–H and O–H groups in total. The third-order valence-electron chi connectivity index (χ3n) is 4.77. The number of carbonyl (C=O) groups is 2. The van der Waals surface area contributed by atoms with Gasteiger partial charge in [0.05, 0.1) is 13.0 Å². The number of nitrogens with zero attached hydrogens (tertiary/aromatic N) is 2. The molecule has 0 spiro atoms. The molecule has 0 radical (unpaired) electrons. The molecule has 2 aromatic rings. The first-order valence-electron chi connectivity index (χ1n) is 8.85. The van der Waals surface area contributed by atoms with E-state index >= 15 is 0 Å². The molecule has 27 heavy (non-hydrogen) atoms. The summed E-state index contributed by atoms with van der Waals surface area (Å²) in [6, 6.07) is 9.93. The minimum absolute atomic E-state index is 0.00787. The topological polar surface area (TPSA) is 106 Å². The first-order valence-corrected chi connectivity index (χ1v) is 8.85. The Bertz CT molecular complexity index is 948. The van der Waals surface area contributed by atoms with Crippen molar-refractivity contribution < 1.29 is 9.59 Å². The lowest BCUT2D eigenvalue weighted by atomic mass is 10.1. The molecule has 1 aromatic carbocycles. The van der Waals surface area contributed by atoms with Crippen molar-refractivity contribution in [2.45, 2.75) is 19.8 Å². The number of hydrogen-bond donors (Lipinski definition) is 2. The number of H-pyrrole nitrogens is 2. The van der Waals surface area contributed by atoms with Gasteiger partial charge in [-0.1, -0.05) is 30.3 Å². The fraction of sp³-hybridized carbons (Fsp3) is 0.368. The molecule has 0 atom stereocenters. The van der Waals surface area contributed by atoms with Crippen LogP contribution >= 0.6 is 0 Å². The van der Waals surface area contributed by atoms with Crippen molar-refractivity contribution >= 4 is 11.8 Å². The number of aryl methyl sites for hydroxylation is 1. The van der Waals surface area contributed by atoms with Crippen LogP contribution in [0.2, 0.25) is 0 Å². The van der Waals surface area contributed by atoms with Gasteiger partial charge in [-0.25, -0.2) is 4.79 Å². The summed E-state index contributed by atoms with van der Waals surface area (Å²) in [5.74, 6) is -0.399. The highest BCUT2D eigenvalue weighted by molar-refractivity contribution is 5.87. The fourth-order valence-corrected chi connectivity index (χ4v) is 3.17. The van der Waals surface area contributed by atoms with Crippen molar-refractivity contribution in [2.24, 2.45) is 0 Å². The zero-order valence-electron chi connectivity index (χ0n) is 15.2. The molecule has 1 fully saturated rings. The van der Waals surface area contributed by atoms with Gasteiger partial charge in [-0.2, -0.15) is 0 Å². The molecular formula is C19H22N4O4. The van der Waals surface area contributed by atoms with Crippen LogP contribution in [0.15, 0.2) is 39.9 Å². The number of rotatable bonds is 5. The van der Waals surface area contributed by atoms with E-state index in [1.54, 1.807) is 11.8 Å². The second kappa shape index (κ2) is 8.03. The summed E-state index contributed by atoms with van der Waals surface area (Å²) < 4.78 is 0. The number of piperazine rings is 1. The predicted octanol–water partition coefficient (Wildman–Crippen LogP) is -0.172. The van der Waals surface area contributed by atoms with Crippen LogP contribution in [0.4, 0.5) is 0 Å². The van der Waals surface area contributed by atoms with E-state index in [-0.39, 0.29) is 30.3 Å². The van der Waals surface area contributed by atoms with Gasteiger partial charge >= 0.3 is 5.69 Å². The Morgan fingerprint density at radius 2 is 1.81 bits per heavy atom. The zero-order valence-corrected chi connectivity index (χ0v) is 15.2. The molecule has 1 aliphatic heterocycles. The quantitative estimate of drug-likeness (QED) is 0.762. The Balaban J connectivity index is 1.57. The molecule has 1 saturated heterocycles. The first kappa shape index (κ1) is 18.6. The highest BCUT2D eigenvalue weighted by Crippen LogP contribution is 2.09. The van der Waals surface area contributed by atoms with Gasteiger partial charge in [0, 0.05) is 30.9 Å². The van der Waals surface area contributed by atoms with Crippen molar-refractivity contribution in [3.8, 4) is 0 Å². The molecule has 0 saturated carbocycles. The number of aromatic amines is 2. The molecule has 0 bridgehead atoms. The van der Waals surface area contributed by atoms with Gasteiger partial charge in [-0.05, 0) is 18.9 Å². The summed E-state index contributed by atoms with van der Waals surface area (Å²) in [4.78, 5) is 55.8. The van der Waals surface area contributed by atoms with Crippen molar-refractivity contribution in [3.63, 3.8) is 0 Å². The summed E-state index contributed by atoms with van der Waals surface area (Å²) in [6.07, 6.45) is 0.627. The maximum absolute atomic E-state index is 12.5. The Kier molecular flexibility index (Phi) is 5.54. The standard InChI is InChI=1S/C19H22N4O4/c1-13-15(18(26)21-19(27)20-13)11-16(24)23-10-9-22(17(25)12-23)8-7-14-5-3-2-4-6-14/h2-6H,7-12H2,1H3,(H2,20,21,26,27). The smallest absolute Gasteiger partial charge is 0.325 e. The van der Waals surface area contributed by atoms with Crippen LogP contribution in [0.3, 0.4) is 0 Å². The van der Waals surface area contributed by atoms with E-state index in [4.69, 9.17) is 0 Å². The number of carbonyl (C=O) groups excluding carboxylic acids is 2. The van der Waals surface area contributed by atoms with Crippen molar-refractivity contribution in [3.05, 3.63) is 68.0 Å². The number of benzene rings is 1. The lowest BCUT2D eigenvalue weighted by Crippen LogP contribution is -2.53. The average Bonchev–Trinajstić information content (AvgIpc) is 2.64. The molecule has 142 valence electrons. The van der Waals surface area contributed by atoms with Gasteiger partial charge in [-0.3, -0.25) is 19.4 Å². The number of nitrogens with one attached hydrogen (secondary N) is 2. The molecule has 8 heteroatoms. The lowest BCUT2D eigenvalue weighted by Gasteiger charge is -2.34. The Morgan fingerprint density at radius 1 is 1.07 bits per heavy atom. The van der Waals surface area contributed by atoms with Gasteiger partial charge in [0.2, 0.25) is 11.8 Å². The minimum Gasteiger partial charge on any atom is -0.339 e. The molecule has 0 aliphatic carbocycles. The van der Waals surface area contributed by atoms with Crippen molar-refractivity contribution in [1.29, 1.82) is 0 Å². The Morgan fingerprint density at radius 3 is 2.48 bits per heavy atom. The molecule has 1 aromatic heterocycles. The van der Waals surface area contributed by atoms with E-state index in [2.05, 4.69) is 9.97 Å². The molecule has 2 amide bonds. The second-order valence-corrected chi connectivity index (χ2v) is 6.62. The Labute approximate surface area is 155 Å². The molecule has 0 unspecified atom stereocenters. The molecule has 3 rings (SSSR count). The van der Waals surface area contributed by atoms with Gasteiger partial charge < -0.3 is 14.8 Å². The van der Waals surface area contributed by atoms with E-state index in [0.29, 0.717) is 25.3 Å². The summed E-state index contributed by atoms with van der Waals surface area (Å²) in [5, 5.41) is 0. The normalized spacial score (nSPS) is 14.5. The minimum atomic E-state index is -0.601. The number of hydrogen-bond acceptors (Lipinski definition) is 4. The monoisotopic (exact) mass is 370 g/mol. The van der Waals surface area contributed by atoms with Crippen LogP contribution in [0, 0.1) is 6.92 Å². The molecule has 8 nitrogen and oxygen atoms in total. The van der Waals surface area contributed by atoms with E-state index in [1.807, 2.05) is 30.3 Å². The molecular weight excluding hydrogens is 348 g/mol. The van der Waals surface area contributed by atoms with E-state index in [0.717, 1.165) is 12.0 Å². The maximum atomic E-state index is 12.5. The third kappa shape index (κ3) is 4.52.